The van der Waals surface area contributed by atoms with Crippen LogP contribution in [0.5, 0.6) is 5.75 Å². The summed E-state index contributed by atoms with van der Waals surface area (Å²) in [6.07, 6.45) is 6.16. The number of aliphatic hydroxyl groups is 1. The van der Waals surface area contributed by atoms with Gasteiger partial charge in [-0.1, -0.05) is 30.3 Å². The first-order valence-electron chi connectivity index (χ1n) is 9.21. The Morgan fingerprint density at radius 1 is 1.07 bits per heavy atom. The second-order valence-corrected chi connectivity index (χ2v) is 6.41. The lowest BCUT2D eigenvalue weighted by atomic mass is 10.0. The van der Waals surface area contributed by atoms with Gasteiger partial charge >= 0.3 is 0 Å². The molecule has 0 saturated carbocycles. The fraction of sp³-hybridized carbons (Fsp3) is 0.182. The third-order valence-corrected chi connectivity index (χ3v) is 4.65. The van der Waals surface area contributed by atoms with Gasteiger partial charge < -0.3 is 14.4 Å². The number of hydrogen-bond acceptors (Lipinski definition) is 4. The zero-order valence-electron chi connectivity index (χ0n) is 15.7. The maximum atomic E-state index is 9.33. The fourth-order valence-corrected chi connectivity index (χ4v) is 3.33. The molecule has 0 amide bonds. The Hall–Kier alpha value is -3.38. The third kappa shape index (κ3) is 3.42. The molecule has 0 fully saturated rings. The van der Waals surface area contributed by atoms with Crippen molar-refractivity contribution in [2.45, 2.75) is 13.0 Å². The highest BCUT2D eigenvalue weighted by molar-refractivity contribution is 5.83. The van der Waals surface area contributed by atoms with E-state index in [0.29, 0.717) is 13.0 Å². The first kappa shape index (κ1) is 18.0. The molecule has 0 unspecified atom stereocenters. The quantitative estimate of drug-likeness (QED) is 0.534. The van der Waals surface area contributed by atoms with Gasteiger partial charge in [-0.05, 0) is 30.7 Å². The predicted octanol–water partition coefficient (Wildman–Crippen LogP) is 3.79. The van der Waals surface area contributed by atoms with Gasteiger partial charge in [0.15, 0.2) is 0 Å². The molecule has 0 saturated heterocycles. The normalized spacial score (nSPS) is 10.9. The average Bonchev–Trinajstić information content (AvgIpc) is 3.42. The second kappa shape index (κ2) is 8.10. The van der Waals surface area contributed by atoms with Gasteiger partial charge in [-0.15, -0.1) is 0 Å². The highest BCUT2D eigenvalue weighted by Gasteiger charge is 2.19. The molecule has 6 heteroatoms. The number of aromatic nitrogens is 4. The highest BCUT2D eigenvalue weighted by atomic mass is 16.5. The minimum Gasteiger partial charge on any atom is -0.497 e. The summed E-state index contributed by atoms with van der Waals surface area (Å²) in [7, 11) is 1.66. The van der Waals surface area contributed by atoms with E-state index in [0.717, 1.165) is 34.0 Å². The summed E-state index contributed by atoms with van der Waals surface area (Å²) >= 11 is 0. The Morgan fingerprint density at radius 3 is 2.64 bits per heavy atom. The van der Waals surface area contributed by atoms with Crippen molar-refractivity contribution in [2.24, 2.45) is 0 Å². The van der Waals surface area contributed by atoms with E-state index in [-0.39, 0.29) is 6.61 Å². The molecule has 4 rings (SSSR count). The van der Waals surface area contributed by atoms with E-state index in [1.54, 1.807) is 13.3 Å². The monoisotopic (exact) mass is 374 g/mol. The number of nitrogens with zero attached hydrogens (tertiary/aromatic N) is 4. The molecular weight excluding hydrogens is 352 g/mol. The first-order valence-corrected chi connectivity index (χ1v) is 9.21. The molecule has 0 aliphatic carbocycles. The van der Waals surface area contributed by atoms with E-state index >= 15 is 0 Å². The van der Waals surface area contributed by atoms with Crippen LogP contribution in [0.4, 0.5) is 0 Å². The number of imidazole rings is 1. The summed E-state index contributed by atoms with van der Waals surface area (Å²) in [4.78, 5) is 4.70. The van der Waals surface area contributed by atoms with Gasteiger partial charge in [-0.3, -0.25) is 0 Å². The summed E-state index contributed by atoms with van der Waals surface area (Å²) in [6.45, 7) is 0.795. The van der Waals surface area contributed by atoms with E-state index in [2.05, 4.69) is 21.8 Å². The van der Waals surface area contributed by atoms with Crippen LogP contribution in [0.3, 0.4) is 0 Å². The Morgan fingerprint density at radius 2 is 1.93 bits per heavy atom. The fourth-order valence-electron chi connectivity index (χ4n) is 3.33. The van der Waals surface area contributed by atoms with Crippen molar-refractivity contribution in [3.05, 3.63) is 73.3 Å². The Kier molecular flexibility index (Phi) is 5.21. The molecule has 0 bridgehead atoms. The summed E-state index contributed by atoms with van der Waals surface area (Å²) in [5.41, 5.74) is 4.81. The highest BCUT2D eigenvalue weighted by Crippen LogP contribution is 2.36. The minimum absolute atomic E-state index is 0.127. The van der Waals surface area contributed by atoms with Gasteiger partial charge in [0.2, 0.25) is 0 Å². The van der Waals surface area contributed by atoms with Crippen molar-refractivity contribution < 1.29 is 9.84 Å². The van der Waals surface area contributed by atoms with Crippen LogP contribution in [0.1, 0.15) is 6.42 Å². The van der Waals surface area contributed by atoms with Crippen molar-refractivity contribution >= 4 is 0 Å². The zero-order valence-corrected chi connectivity index (χ0v) is 15.7. The lowest BCUT2D eigenvalue weighted by Crippen LogP contribution is -2.05. The van der Waals surface area contributed by atoms with Crippen LogP contribution < -0.4 is 4.74 Å². The van der Waals surface area contributed by atoms with E-state index in [9.17, 15) is 5.11 Å². The summed E-state index contributed by atoms with van der Waals surface area (Å²) in [5, 5.41) is 13.7. The molecule has 2 aromatic carbocycles. The number of aryl methyl sites for hydroxylation is 1. The molecule has 4 aromatic rings. The van der Waals surface area contributed by atoms with Crippen LogP contribution in [0.25, 0.3) is 28.2 Å². The first-order chi connectivity index (χ1) is 13.8. The van der Waals surface area contributed by atoms with Crippen LogP contribution in [0, 0.1) is 0 Å². The van der Waals surface area contributed by atoms with E-state index in [4.69, 9.17) is 9.72 Å². The van der Waals surface area contributed by atoms with Crippen molar-refractivity contribution in [2.75, 3.05) is 13.7 Å². The SMILES string of the molecule is COc1ccc(-n2cccn2)c(-c2c(-c3ccccc3)ncn2CCCO)c1. The lowest BCUT2D eigenvalue weighted by molar-refractivity contribution is 0.280. The molecule has 6 nitrogen and oxygen atoms in total. The second-order valence-electron chi connectivity index (χ2n) is 6.41. The van der Waals surface area contributed by atoms with Crippen LogP contribution in [-0.2, 0) is 6.54 Å². The molecule has 0 aliphatic rings. The van der Waals surface area contributed by atoms with Gasteiger partial charge in [0.25, 0.3) is 0 Å². The zero-order chi connectivity index (χ0) is 19.3. The molecule has 1 N–H and O–H groups in total. The van der Waals surface area contributed by atoms with Gasteiger partial charge in [0.05, 0.1) is 30.5 Å². The van der Waals surface area contributed by atoms with Crippen LogP contribution in [0.2, 0.25) is 0 Å². The summed E-state index contributed by atoms with van der Waals surface area (Å²) < 4.78 is 9.42. The maximum absolute atomic E-state index is 9.33. The number of rotatable bonds is 7. The molecule has 0 spiro atoms. The largest absolute Gasteiger partial charge is 0.497 e. The molecule has 2 heterocycles. The molecule has 0 radical (unpaired) electrons. The summed E-state index contributed by atoms with van der Waals surface area (Å²) in [6, 6.07) is 17.9. The molecule has 2 aromatic heterocycles. The van der Waals surface area contributed by atoms with Gasteiger partial charge in [0, 0.05) is 36.7 Å². The van der Waals surface area contributed by atoms with Gasteiger partial charge in [-0.2, -0.15) is 5.10 Å². The smallest absolute Gasteiger partial charge is 0.119 e. The van der Waals surface area contributed by atoms with Gasteiger partial charge in [-0.25, -0.2) is 9.67 Å². The van der Waals surface area contributed by atoms with E-state index in [1.165, 1.54) is 0 Å². The van der Waals surface area contributed by atoms with Crippen LogP contribution in [-0.4, -0.2) is 38.2 Å². The van der Waals surface area contributed by atoms with Crippen LogP contribution in [0.15, 0.2) is 73.3 Å². The van der Waals surface area contributed by atoms with Crippen molar-refractivity contribution in [1.82, 2.24) is 19.3 Å². The number of benzene rings is 2. The van der Waals surface area contributed by atoms with E-state index in [1.807, 2.05) is 59.7 Å². The Bertz CT molecular complexity index is 1040. The Balaban J connectivity index is 1.96. The Labute approximate surface area is 163 Å². The molecule has 28 heavy (non-hydrogen) atoms. The number of aliphatic hydroxyl groups excluding tert-OH is 1. The summed E-state index contributed by atoms with van der Waals surface area (Å²) in [5.74, 6) is 0.764. The standard InChI is InChI=1S/C22H22N4O2/c1-28-18-9-10-20(26-13-5-11-24-26)19(15-18)22-21(17-7-3-2-4-8-17)23-16-25(22)12-6-14-27/h2-5,7-11,13,15-16,27H,6,12,14H2,1H3. The predicted molar refractivity (Wildman–Crippen MR) is 108 cm³/mol. The molecule has 142 valence electrons. The number of ether oxygens (including phenoxy) is 1. The van der Waals surface area contributed by atoms with Crippen molar-refractivity contribution in [3.63, 3.8) is 0 Å². The van der Waals surface area contributed by atoms with Crippen molar-refractivity contribution in [3.8, 4) is 34.0 Å². The number of hydrogen-bond donors (Lipinski definition) is 1. The van der Waals surface area contributed by atoms with Crippen molar-refractivity contribution in [1.29, 1.82) is 0 Å². The molecular formula is C22H22N4O2. The number of methoxy groups -OCH3 is 1. The van der Waals surface area contributed by atoms with Crippen LogP contribution >= 0.6 is 0 Å². The third-order valence-electron chi connectivity index (χ3n) is 4.65. The van der Waals surface area contributed by atoms with E-state index < -0.39 is 0 Å². The minimum atomic E-state index is 0.127. The molecule has 0 atom stereocenters. The van der Waals surface area contributed by atoms with Gasteiger partial charge in [0.1, 0.15) is 5.75 Å². The lowest BCUT2D eigenvalue weighted by Gasteiger charge is -2.16. The maximum Gasteiger partial charge on any atom is 0.119 e. The average molecular weight is 374 g/mol. The molecule has 0 aliphatic heterocycles. The topological polar surface area (TPSA) is 65.1 Å².